The fourth-order valence-electron chi connectivity index (χ4n) is 3.32. The Kier molecular flexibility index (Phi) is 6.87. The van der Waals surface area contributed by atoms with Crippen molar-refractivity contribution < 1.29 is 45.1 Å². The minimum Gasteiger partial charge on any atom is -0.598 e. The quantitative estimate of drug-likeness (QED) is 0.402. The average molecular weight is 529 g/mol. The normalized spacial score (nSPS) is 21.3. The number of alkyl halides is 6. The highest BCUT2D eigenvalue weighted by molar-refractivity contribution is 7.90. The number of fused-ring (bicyclic) bond motifs is 1. The minimum atomic E-state index is -5.41. The standard InChI is InChI=1S/C21H22F7N3O3S/c1-17(2,3)35(33)31-18(20(23,24)25)10-34-16-13(18)8-14(19(32,9-29)21(26,27)28)30-15(16)11-4-6-12(22)7-5-11/h4-8,31-32H,9-10,29H2,1-3H3/t18-,19?,35+/m0/s1. The van der Waals surface area contributed by atoms with E-state index in [4.69, 9.17) is 10.5 Å². The highest BCUT2D eigenvalue weighted by Crippen LogP contribution is 2.52. The first-order valence-electron chi connectivity index (χ1n) is 10.1. The molecule has 0 saturated carbocycles. The van der Waals surface area contributed by atoms with Gasteiger partial charge < -0.3 is 20.1 Å². The number of nitrogens with zero attached hydrogens (tertiary/aromatic N) is 1. The molecule has 0 aliphatic carbocycles. The van der Waals surface area contributed by atoms with Crippen molar-refractivity contribution in [1.82, 2.24) is 9.71 Å². The second kappa shape index (κ2) is 8.76. The lowest BCUT2D eigenvalue weighted by Crippen LogP contribution is -2.60. The van der Waals surface area contributed by atoms with Gasteiger partial charge in [-0.1, -0.05) is 0 Å². The van der Waals surface area contributed by atoms with Crippen LogP contribution in [0.3, 0.4) is 0 Å². The first-order valence-corrected chi connectivity index (χ1v) is 11.2. The van der Waals surface area contributed by atoms with Crippen molar-refractivity contribution in [2.75, 3.05) is 13.2 Å². The molecule has 6 nitrogen and oxygen atoms in total. The van der Waals surface area contributed by atoms with Gasteiger partial charge in [0, 0.05) is 29.0 Å². The van der Waals surface area contributed by atoms with Crippen molar-refractivity contribution in [3.05, 3.63) is 47.4 Å². The molecule has 1 aromatic carbocycles. The Morgan fingerprint density at radius 2 is 1.71 bits per heavy atom. The minimum absolute atomic E-state index is 0.0824. The molecule has 4 N–H and O–H groups in total. The van der Waals surface area contributed by atoms with E-state index < -0.39 is 81.3 Å². The van der Waals surface area contributed by atoms with E-state index in [1.165, 1.54) is 20.8 Å². The van der Waals surface area contributed by atoms with Crippen LogP contribution in [0.4, 0.5) is 30.7 Å². The van der Waals surface area contributed by atoms with Crippen LogP contribution in [0.15, 0.2) is 30.3 Å². The summed E-state index contributed by atoms with van der Waals surface area (Å²) in [6, 6.07) is 4.40. The molecule has 14 heteroatoms. The summed E-state index contributed by atoms with van der Waals surface area (Å²) < 4.78 is 117. The predicted molar refractivity (Wildman–Crippen MR) is 113 cm³/mol. The molecule has 0 bridgehead atoms. The fraction of sp³-hybridized carbons (Fsp3) is 0.476. The van der Waals surface area contributed by atoms with Crippen LogP contribution < -0.4 is 15.2 Å². The summed E-state index contributed by atoms with van der Waals surface area (Å²) >= 11 is -2.35. The third-order valence-electron chi connectivity index (χ3n) is 5.48. The summed E-state index contributed by atoms with van der Waals surface area (Å²) in [5.41, 5.74) is -4.54. The molecule has 1 unspecified atom stereocenters. The molecule has 1 aliphatic rings. The predicted octanol–water partition coefficient (Wildman–Crippen LogP) is 3.80. The number of hydrogen-bond donors (Lipinski definition) is 3. The molecular weight excluding hydrogens is 507 g/mol. The Hall–Kier alpha value is -2.13. The Morgan fingerprint density at radius 1 is 1.14 bits per heavy atom. The highest BCUT2D eigenvalue weighted by atomic mass is 32.2. The first kappa shape index (κ1) is 27.5. The van der Waals surface area contributed by atoms with Gasteiger partial charge in [0.25, 0.3) is 0 Å². The van der Waals surface area contributed by atoms with Crippen molar-refractivity contribution >= 4 is 11.4 Å². The van der Waals surface area contributed by atoms with Gasteiger partial charge in [0.05, 0.1) is 5.69 Å². The van der Waals surface area contributed by atoms with Crippen molar-refractivity contribution in [3.63, 3.8) is 0 Å². The SMILES string of the molecule is CC(C)(C)[S@@+]([O-])N[C@@]1(C(F)(F)F)COc2c1cc(C(O)(CN)C(F)(F)F)nc2-c1ccc(F)cc1. The summed E-state index contributed by atoms with van der Waals surface area (Å²) in [6.45, 7) is 1.56. The van der Waals surface area contributed by atoms with E-state index in [0.717, 1.165) is 24.3 Å². The molecule has 35 heavy (non-hydrogen) atoms. The van der Waals surface area contributed by atoms with Gasteiger partial charge in [-0.25, -0.2) is 9.37 Å². The number of aliphatic hydroxyl groups is 1. The second-order valence-electron chi connectivity index (χ2n) is 8.98. The van der Waals surface area contributed by atoms with E-state index >= 15 is 0 Å². The number of pyridine rings is 1. The van der Waals surface area contributed by atoms with Crippen LogP contribution in [0, 0.1) is 5.82 Å². The van der Waals surface area contributed by atoms with Gasteiger partial charge in [0.2, 0.25) is 11.1 Å². The van der Waals surface area contributed by atoms with Crippen molar-refractivity contribution in [2.45, 2.75) is 49.0 Å². The van der Waals surface area contributed by atoms with E-state index in [-0.39, 0.29) is 5.56 Å². The smallest absolute Gasteiger partial charge is 0.424 e. The number of halogens is 7. The number of benzene rings is 1. The van der Waals surface area contributed by atoms with Gasteiger partial charge in [0.15, 0.2) is 5.75 Å². The number of ether oxygens (including phenoxy) is 1. The van der Waals surface area contributed by atoms with Gasteiger partial charge in [-0.2, -0.15) is 26.3 Å². The first-order chi connectivity index (χ1) is 15.9. The van der Waals surface area contributed by atoms with E-state index in [2.05, 4.69) is 4.98 Å². The zero-order valence-corrected chi connectivity index (χ0v) is 19.5. The zero-order chi connectivity index (χ0) is 26.6. The average Bonchev–Trinajstić information content (AvgIpc) is 3.11. The molecule has 0 amide bonds. The maximum atomic E-state index is 14.5. The molecule has 1 aromatic heterocycles. The van der Waals surface area contributed by atoms with Gasteiger partial charge >= 0.3 is 12.4 Å². The molecule has 0 saturated heterocycles. The lowest BCUT2D eigenvalue weighted by molar-refractivity contribution is -0.263. The Balaban J connectivity index is 2.38. The number of rotatable bonds is 5. The summed E-state index contributed by atoms with van der Waals surface area (Å²) in [5.74, 6) is -1.28. The number of nitrogens with one attached hydrogen (secondary N) is 1. The van der Waals surface area contributed by atoms with Crippen LogP contribution in [-0.2, 0) is 22.5 Å². The lowest BCUT2D eigenvalue weighted by atomic mass is 9.88. The summed E-state index contributed by atoms with van der Waals surface area (Å²) in [5, 5.41) is 10.4. The van der Waals surface area contributed by atoms with E-state index in [1.807, 2.05) is 4.72 Å². The summed E-state index contributed by atoms with van der Waals surface area (Å²) in [7, 11) is 0. The summed E-state index contributed by atoms with van der Waals surface area (Å²) in [4.78, 5) is 3.76. The molecule has 2 heterocycles. The van der Waals surface area contributed by atoms with E-state index in [9.17, 15) is 40.4 Å². The van der Waals surface area contributed by atoms with Crippen molar-refractivity contribution in [2.24, 2.45) is 5.73 Å². The molecule has 0 spiro atoms. The molecule has 0 fully saturated rings. The lowest BCUT2D eigenvalue weighted by Gasteiger charge is -2.35. The Morgan fingerprint density at radius 3 is 2.17 bits per heavy atom. The molecular formula is C21H22F7N3O3S. The maximum Gasteiger partial charge on any atom is 0.424 e. The monoisotopic (exact) mass is 529 g/mol. The van der Waals surface area contributed by atoms with Crippen LogP contribution in [0.1, 0.15) is 32.0 Å². The van der Waals surface area contributed by atoms with Crippen LogP contribution in [0.2, 0.25) is 0 Å². The molecule has 3 rings (SSSR count). The van der Waals surface area contributed by atoms with Crippen LogP contribution in [0.5, 0.6) is 5.75 Å². The molecule has 194 valence electrons. The van der Waals surface area contributed by atoms with Gasteiger partial charge in [-0.15, -0.1) is 4.72 Å². The number of nitrogens with two attached hydrogens (primary N) is 1. The third kappa shape index (κ3) is 4.69. The van der Waals surface area contributed by atoms with Crippen LogP contribution in [-0.4, -0.2) is 44.9 Å². The number of hydrogen-bond acceptors (Lipinski definition) is 6. The Labute approximate surface area is 199 Å². The van der Waals surface area contributed by atoms with Gasteiger partial charge in [-0.05, 0) is 51.1 Å². The molecule has 3 atom stereocenters. The van der Waals surface area contributed by atoms with Gasteiger partial charge in [-0.3, -0.25) is 0 Å². The zero-order valence-electron chi connectivity index (χ0n) is 18.6. The molecule has 1 aliphatic heterocycles. The number of aromatic nitrogens is 1. The fourth-order valence-corrected chi connectivity index (χ4v) is 4.23. The molecule has 0 radical (unpaired) electrons. The van der Waals surface area contributed by atoms with Crippen LogP contribution in [0.25, 0.3) is 11.3 Å². The highest BCUT2D eigenvalue weighted by Gasteiger charge is 2.66. The third-order valence-corrected chi connectivity index (χ3v) is 7.12. The van der Waals surface area contributed by atoms with Crippen molar-refractivity contribution in [1.29, 1.82) is 0 Å². The Bertz CT molecular complexity index is 1090. The van der Waals surface area contributed by atoms with Gasteiger partial charge in [0.1, 0.15) is 22.9 Å². The topological polar surface area (TPSA) is 103 Å². The van der Waals surface area contributed by atoms with Crippen molar-refractivity contribution in [3.8, 4) is 17.0 Å². The largest absolute Gasteiger partial charge is 0.598 e. The van der Waals surface area contributed by atoms with Crippen LogP contribution >= 0.6 is 0 Å². The summed E-state index contributed by atoms with van der Waals surface area (Å²) in [6.07, 6.45) is -10.6. The van der Waals surface area contributed by atoms with E-state index in [1.54, 1.807) is 0 Å². The molecule has 2 aromatic rings. The maximum absolute atomic E-state index is 14.5. The van der Waals surface area contributed by atoms with E-state index in [0.29, 0.717) is 6.07 Å². The second-order valence-corrected chi connectivity index (χ2v) is 10.9.